The number of nitrogens with zero attached hydrogens (tertiary/aromatic N) is 3. The lowest BCUT2D eigenvalue weighted by atomic mass is 9.85. The van der Waals surface area contributed by atoms with Crippen LogP contribution in [0.2, 0.25) is 0 Å². The van der Waals surface area contributed by atoms with Gasteiger partial charge in [-0.2, -0.15) is 0 Å². The average Bonchev–Trinajstić information content (AvgIpc) is 3.86. The normalized spacial score (nSPS) is 21.3. The van der Waals surface area contributed by atoms with Crippen molar-refractivity contribution in [3.8, 4) is 5.75 Å². The zero-order valence-electron chi connectivity index (χ0n) is 32.1. The highest BCUT2D eigenvalue weighted by Gasteiger charge is 2.46. The lowest BCUT2D eigenvalue weighted by Crippen LogP contribution is -2.57. The molecule has 0 bridgehead atoms. The van der Waals surface area contributed by atoms with Crippen LogP contribution in [0.4, 0.5) is 16.2 Å². The number of carbonyl (C=O) groups excluding carboxylic acids is 4. The van der Waals surface area contributed by atoms with Crippen molar-refractivity contribution >= 4 is 35.2 Å². The minimum atomic E-state index is -1.04. The lowest BCUT2D eigenvalue weighted by Gasteiger charge is -2.41. The maximum absolute atomic E-state index is 14.7. The van der Waals surface area contributed by atoms with Gasteiger partial charge in [0.05, 0.1) is 29.2 Å². The van der Waals surface area contributed by atoms with Gasteiger partial charge in [0.2, 0.25) is 11.8 Å². The average molecular weight is 701 g/mol. The number of methoxy groups -OCH3 is 2. The summed E-state index contributed by atoms with van der Waals surface area (Å²) in [4.78, 5) is 60.7. The number of nitrogens with one attached hydrogen (secondary N) is 1. The second-order valence-corrected chi connectivity index (χ2v) is 16.5. The van der Waals surface area contributed by atoms with Crippen LogP contribution < -0.4 is 19.9 Å². The number of hydrogen-bond acceptors (Lipinski definition) is 8. The van der Waals surface area contributed by atoms with Gasteiger partial charge < -0.3 is 39.0 Å². The number of rotatable bonds is 13. The number of piperidine rings is 1. The smallest absolute Gasteiger partial charge is 0.410 e. The molecular formula is C38H60N4O8. The van der Waals surface area contributed by atoms with Crippen LogP contribution >= 0.6 is 0 Å². The summed E-state index contributed by atoms with van der Waals surface area (Å²) in [5.74, 6) is -0.963. The minimum Gasteiger partial charge on any atom is -0.476 e. The van der Waals surface area contributed by atoms with E-state index in [0.29, 0.717) is 49.0 Å². The molecule has 3 aliphatic rings. The molecule has 50 heavy (non-hydrogen) atoms. The molecule has 0 unspecified atom stereocenters. The third kappa shape index (κ3) is 9.48. The van der Waals surface area contributed by atoms with E-state index in [1.54, 1.807) is 58.6 Å². The third-order valence-electron chi connectivity index (χ3n) is 9.73. The summed E-state index contributed by atoms with van der Waals surface area (Å²) in [6.45, 7) is 18.2. The molecule has 280 valence electrons. The molecule has 1 aromatic rings. The number of ether oxygens (including phenoxy) is 4. The Kier molecular flexibility index (Phi) is 12.2. The summed E-state index contributed by atoms with van der Waals surface area (Å²) in [7, 11) is 3.26. The Morgan fingerprint density at radius 2 is 1.72 bits per heavy atom. The molecule has 12 heteroatoms. The first kappa shape index (κ1) is 39.4. The topological polar surface area (TPSA) is 127 Å². The molecule has 1 aromatic carbocycles. The highest BCUT2D eigenvalue weighted by molar-refractivity contribution is 6.04. The summed E-state index contributed by atoms with van der Waals surface area (Å²) in [6, 6.07) is 5.23. The number of likely N-dealkylation sites (tertiary alicyclic amines) is 1. The van der Waals surface area contributed by atoms with Crippen LogP contribution in [-0.2, 0) is 28.6 Å². The maximum Gasteiger partial charge on any atom is 0.410 e. The highest BCUT2D eigenvalue weighted by Crippen LogP contribution is 2.43. The Hall–Kier alpha value is -3.38. The molecule has 0 aromatic heterocycles. The third-order valence-corrected chi connectivity index (χ3v) is 9.73. The van der Waals surface area contributed by atoms with Gasteiger partial charge >= 0.3 is 6.09 Å². The molecule has 2 fully saturated rings. The first-order chi connectivity index (χ1) is 23.3. The first-order valence-corrected chi connectivity index (χ1v) is 18.1. The minimum absolute atomic E-state index is 0.0266. The van der Waals surface area contributed by atoms with Crippen molar-refractivity contribution < 1.29 is 38.1 Å². The van der Waals surface area contributed by atoms with Gasteiger partial charge in [-0.3, -0.25) is 14.4 Å². The molecule has 1 aliphatic carbocycles. The van der Waals surface area contributed by atoms with E-state index < -0.39 is 34.7 Å². The predicted molar refractivity (Wildman–Crippen MR) is 192 cm³/mol. The maximum atomic E-state index is 14.7. The van der Waals surface area contributed by atoms with Crippen LogP contribution in [0.5, 0.6) is 5.75 Å². The number of benzene rings is 1. The molecule has 4 amide bonds. The van der Waals surface area contributed by atoms with Crippen LogP contribution in [0.15, 0.2) is 18.2 Å². The fraction of sp³-hybridized carbons (Fsp3) is 0.737. The molecule has 2 aliphatic heterocycles. The highest BCUT2D eigenvalue weighted by atomic mass is 16.6. The molecular weight excluding hydrogens is 640 g/mol. The number of fused-ring (bicyclic) bond motifs is 1. The van der Waals surface area contributed by atoms with Crippen LogP contribution in [0.25, 0.3) is 0 Å². The Balaban J connectivity index is 1.66. The molecule has 1 N–H and O–H groups in total. The zero-order chi connectivity index (χ0) is 37.2. The summed E-state index contributed by atoms with van der Waals surface area (Å²) in [5, 5.41) is 3.22. The van der Waals surface area contributed by atoms with Gasteiger partial charge in [-0.15, -0.1) is 0 Å². The summed E-state index contributed by atoms with van der Waals surface area (Å²) in [5.41, 5.74) is -1.15. The van der Waals surface area contributed by atoms with Crippen molar-refractivity contribution in [1.29, 1.82) is 0 Å². The van der Waals surface area contributed by atoms with Crippen LogP contribution in [0.3, 0.4) is 0 Å². The molecule has 0 radical (unpaired) electrons. The van der Waals surface area contributed by atoms with E-state index in [-0.39, 0.29) is 49.3 Å². The van der Waals surface area contributed by atoms with E-state index >= 15 is 0 Å². The van der Waals surface area contributed by atoms with Gasteiger partial charge in [0, 0.05) is 52.2 Å². The van der Waals surface area contributed by atoms with E-state index in [0.717, 1.165) is 12.8 Å². The number of hydrogen-bond donors (Lipinski definition) is 1. The molecule has 1 saturated carbocycles. The van der Waals surface area contributed by atoms with Crippen LogP contribution in [0, 0.1) is 17.8 Å². The second kappa shape index (κ2) is 15.5. The van der Waals surface area contributed by atoms with Crippen molar-refractivity contribution in [2.75, 3.05) is 50.3 Å². The monoisotopic (exact) mass is 700 g/mol. The number of amides is 4. The van der Waals surface area contributed by atoms with Gasteiger partial charge in [0.1, 0.15) is 11.4 Å². The van der Waals surface area contributed by atoms with Crippen LogP contribution in [-0.4, -0.2) is 98.1 Å². The van der Waals surface area contributed by atoms with Crippen molar-refractivity contribution in [3.63, 3.8) is 0 Å². The largest absolute Gasteiger partial charge is 0.476 e. The summed E-state index contributed by atoms with van der Waals surface area (Å²) in [6.07, 6.45) is 2.73. The Bertz CT molecular complexity index is 1400. The van der Waals surface area contributed by atoms with Gasteiger partial charge in [-0.1, -0.05) is 13.8 Å². The van der Waals surface area contributed by atoms with Crippen LogP contribution in [0.1, 0.15) is 94.4 Å². The SMILES string of the molecule is COCCCN1C(=O)C(C)(C)Oc2ccc(N(C(=O)[C@@H]3C[C@H](C(=O)N[C@@H](CC(C)C)C(C)(C)OC)CN(C(=O)OC(C)(C)C)C3)C3CC3)cc21. The summed E-state index contributed by atoms with van der Waals surface area (Å²) >= 11 is 0. The van der Waals surface area contributed by atoms with Crippen molar-refractivity contribution in [2.24, 2.45) is 17.8 Å². The standard InChI is InChI=1S/C38H60N4O8/c1-24(2)19-31(37(6,7)48-11)39-32(43)25-20-26(23-40(22-25)35(46)50-36(3,4)5)33(44)42(27-13-14-27)28-15-16-30-29(21-28)41(17-12-18-47-10)34(45)38(8,9)49-30/h15-16,21,24-27,31H,12-14,17-20,22-23H2,1-11H3,(H,39,43)/t25-,26+,31-/m0/s1. The Labute approximate surface area is 298 Å². The quantitative estimate of drug-likeness (QED) is 0.266. The van der Waals surface area contributed by atoms with Gasteiger partial charge in [-0.25, -0.2) is 4.79 Å². The van der Waals surface area contributed by atoms with Crippen molar-refractivity contribution in [3.05, 3.63) is 18.2 Å². The molecule has 0 spiro atoms. The Morgan fingerprint density at radius 3 is 2.30 bits per heavy atom. The fourth-order valence-electron chi connectivity index (χ4n) is 6.71. The molecule has 3 atom stereocenters. The van der Waals surface area contributed by atoms with Gasteiger partial charge in [0.25, 0.3) is 5.91 Å². The van der Waals surface area contributed by atoms with Crippen molar-refractivity contribution in [2.45, 2.75) is 123 Å². The van der Waals surface area contributed by atoms with Gasteiger partial charge in [0.15, 0.2) is 5.60 Å². The Morgan fingerprint density at radius 1 is 1.06 bits per heavy atom. The molecule has 1 saturated heterocycles. The zero-order valence-corrected chi connectivity index (χ0v) is 32.1. The van der Waals surface area contributed by atoms with E-state index in [9.17, 15) is 19.2 Å². The lowest BCUT2D eigenvalue weighted by molar-refractivity contribution is -0.133. The van der Waals surface area contributed by atoms with Gasteiger partial charge in [-0.05, 0) is 105 Å². The number of carbonyl (C=O) groups is 4. The first-order valence-electron chi connectivity index (χ1n) is 18.1. The molecule has 4 rings (SSSR count). The van der Waals surface area contributed by atoms with E-state index in [1.165, 1.54) is 4.90 Å². The van der Waals surface area contributed by atoms with E-state index in [1.807, 2.05) is 32.0 Å². The number of anilines is 2. The summed E-state index contributed by atoms with van der Waals surface area (Å²) < 4.78 is 22.9. The van der Waals surface area contributed by atoms with Crippen molar-refractivity contribution in [1.82, 2.24) is 10.2 Å². The van der Waals surface area contributed by atoms with E-state index in [4.69, 9.17) is 18.9 Å². The molecule has 2 heterocycles. The fourth-order valence-corrected chi connectivity index (χ4v) is 6.71. The van der Waals surface area contributed by atoms with E-state index in [2.05, 4.69) is 19.2 Å². The molecule has 12 nitrogen and oxygen atoms in total. The predicted octanol–water partition coefficient (Wildman–Crippen LogP) is 5.55. The second-order valence-electron chi connectivity index (χ2n) is 16.5.